The van der Waals surface area contributed by atoms with Gasteiger partial charge in [0.25, 0.3) is 0 Å². The number of hydrogen-bond acceptors (Lipinski definition) is 2. The number of benzene rings is 1. The molecule has 1 heterocycles. The molecule has 3 rings (SSSR count). The van der Waals surface area contributed by atoms with Crippen molar-refractivity contribution in [1.82, 2.24) is 15.1 Å². The molecule has 1 fully saturated rings. The summed E-state index contributed by atoms with van der Waals surface area (Å²) in [6, 6.07) is 7.90. The lowest BCUT2D eigenvalue weighted by Gasteiger charge is -2.16. The van der Waals surface area contributed by atoms with Crippen LogP contribution in [-0.4, -0.2) is 15.7 Å². The van der Waals surface area contributed by atoms with Crippen LogP contribution in [0.25, 0.3) is 0 Å². The van der Waals surface area contributed by atoms with Crippen LogP contribution in [0, 0.1) is 0 Å². The van der Waals surface area contributed by atoms with Gasteiger partial charge in [-0.1, -0.05) is 42.1 Å². The van der Waals surface area contributed by atoms with Crippen molar-refractivity contribution < 1.29 is 0 Å². The summed E-state index contributed by atoms with van der Waals surface area (Å²) in [7, 11) is 0. The summed E-state index contributed by atoms with van der Waals surface area (Å²) < 4.78 is 2.07. The molecule has 0 radical (unpaired) electrons. The van der Waals surface area contributed by atoms with Gasteiger partial charge in [-0.2, -0.15) is 5.10 Å². The zero-order valence-electron chi connectivity index (χ0n) is 14.7. The second kappa shape index (κ2) is 9.80. The zero-order valence-corrected chi connectivity index (χ0v) is 18.5. The largest absolute Gasteiger partial charge is 0.370 e. The Bertz CT molecular complexity index is 756. The fraction of sp³-hybridized carbons (Fsp3) is 0.444. The molecule has 1 atom stereocenters. The summed E-state index contributed by atoms with van der Waals surface area (Å²) in [5.74, 6) is 0.369. The van der Waals surface area contributed by atoms with E-state index in [9.17, 15) is 0 Å². The molecule has 1 aliphatic rings. The van der Waals surface area contributed by atoms with Crippen LogP contribution in [0.2, 0.25) is 10.0 Å². The zero-order chi connectivity index (χ0) is 17.8. The lowest BCUT2D eigenvalue weighted by Crippen LogP contribution is -2.34. The third kappa shape index (κ3) is 5.50. The van der Waals surface area contributed by atoms with E-state index in [1.807, 2.05) is 31.3 Å². The van der Waals surface area contributed by atoms with Crippen molar-refractivity contribution in [3.05, 3.63) is 51.8 Å². The Morgan fingerprint density at radius 1 is 1.35 bits per heavy atom. The predicted molar refractivity (Wildman–Crippen MR) is 118 cm³/mol. The van der Waals surface area contributed by atoms with E-state index >= 15 is 0 Å². The number of halogens is 3. The quantitative estimate of drug-likeness (QED) is 0.336. The van der Waals surface area contributed by atoms with E-state index in [0.29, 0.717) is 28.6 Å². The Morgan fingerprint density at radius 3 is 2.77 bits per heavy atom. The summed E-state index contributed by atoms with van der Waals surface area (Å²) >= 11 is 12.2. The Morgan fingerprint density at radius 2 is 2.08 bits per heavy atom. The van der Waals surface area contributed by atoms with Crippen molar-refractivity contribution >= 4 is 53.1 Å². The minimum atomic E-state index is -0.0652. The molecule has 2 aromatic rings. The van der Waals surface area contributed by atoms with Gasteiger partial charge >= 0.3 is 0 Å². The Kier molecular flexibility index (Phi) is 8.04. The molecule has 0 amide bonds. The van der Waals surface area contributed by atoms with E-state index in [-0.39, 0.29) is 30.0 Å². The van der Waals surface area contributed by atoms with E-state index in [4.69, 9.17) is 28.9 Å². The van der Waals surface area contributed by atoms with Gasteiger partial charge in [0.1, 0.15) is 0 Å². The average molecular weight is 508 g/mol. The number of nitrogens with zero attached hydrogens (tertiary/aromatic N) is 3. The van der Waals surface area contributed by atoms with Crippen LogP contribution in [-0.2, 0) is 6.54 Å². The van der Waals surface area contributed by atoms with Gasteiger partial charge in [-0.25, -0.2) is 4.99 Å². The van der Waals surface area contributed by atoms with Crippen LogP contribution in [0.5, 0.6) is 0 Å². The molecule has 0 saturated heterocycles. The molecular weight excluding hydrogens is 484 g/mol. The molecule has 8 heteroatoms. The number of nitrogens with one attached hydrogen (secondary N) is 1. The summed E-state index contributed by atoms with van der Waals surface area (Å²) in [6.07, 6.45) is 7.06. The Labute approximate surface area is 181 Å². The van der Waals surface area contributed by atoms with E-state index in [2.05, 4.69) is 20.1 Å². The van der Waals surface area contributed by atoms with Crippen molar-refractivity contribution in [1.29, 1.82) is 0 Å². The van der Waals surface area contributed by atoms with Crippen molar-refractivity contribution in [2.75, 3.05) is 0 Å². The van der Waals surface area contributed by atoms with Crippen molar-refractivity contribution in [2.24, 2.45) is 10.7 Å². The fourth-order valence-electron chi connectivity index (χ4n) is 3.20. The van der Waals surface area contributed by atoms with Gasteiger partial charge in [-0.05, 0) is 43.5 Å². The highest BCUT2D eigenvalue weighted by Crippen LogP contribution is 2.29. The van der Waals surface area contributed by atoms with E-state index in [1.54, 1.807) is 6.07 Å². The molecule has 1 aliphatic carbocycles. The molecule has 1 aromatic heterocycles. The molecule has 0 bridgehead atoms. The Hall–Kier alpha value is -0.990. The first kappa shape index (κ1) is 21.3. The first-order valence-corrected chi connectivity index (χ1v) is 9.34. The average Bonchev–Trinajstić information content (AvgIpc) is 3.24. The first-order chi connectivity index (χ1) is 12.0. The lowest BCUT2D eigenvalue weighted by atomic mass is 10.1. The monoisotopic (exact) mass is 507 g/mol. The van der Waals surface area contributed by atoms with E-state index in [1.165, 1.54) is 25.7 Å². The van der Waals surface area contributed by atoms with Crippen LogP contribution in [0.4, 0.5) is 0 Å². The number of nitrogens with two attached hydrogens (primary N) is 1. The molecule has 5 nitrogen and oxygen atoms in total. The van der Waals surface area contributed by atoms with Crippen LogP contribution in [0.1, 0.15) is 55.9 Å². The van der Waals surface area contributed by atoms with Crippen LogP contribution >= 0.6 is 47.2 Å². The maximum absolute atomic E-state index is 6.23. The van der Waals surface area contributed by atoms with E-state index in [0.717, 1.165) is 11.3 Å². The molecule has 3 N–H and O–H groups in total. The molecule has 0 spiro atoms. The second-order valence-corrected chi connectivity index (χ2v) is 7.30. The van der Waals surface area contributed by atoms with Crippen LogP contribution in [0.3, 0.4) is 0 Å². The van der Waals surface area contributed by atoms with Gasteiger partial charge in [0.2, 0.25) is 0 Å². The predicted octanol–water partition coefficient (Wildman–Crippen LogP) is 5.09. The normalized spacial score (nSPS) is 16.3. The molecule has 142 valence electrons. The van der Waals surface area contributed by atoms with Crippen LogP contribution in [0.15, 0.2) is 35.5 Å². The highest BCUT2D eigenvalue weighted by molar-refractivity contribution is 14.0. The standard InChI is InChI=1S/C18H23Cl2N5.HI/c1-12(16-7-6-13(19)10-17(16)20)23-18(21)22-11-14-8-9-25(24-14)15-4-2-3-5-15;/h6-10,12,15H,2-5,11H2,1H3,(H3,21,22,23);1H. The summed E-state index contributed by atoms with van der Waals surface area (Å²) in [6.45, 7) is 2.44. The highest BCUT2D eigenvalue weighted by Gasteiger charge is 2.17. The molecular formula is C18H24Cl2IN5. The number of guanidine groups is 1. The highest BCUT2D eigenvalue weighted by atomic mass is 127. The third-order valence-corrected chi connectivity index (χ3v) is 5.13. The maximum Gasteiger partial charge on any atom is 0.189 e. The molecule has 1 aromatic carbocycles. The second-order valence-electron chi connectivity index (χ2n) is 6.46. The van der Waals surface area contributed by atoms with Crippen molar-refractivity contribution in [3.8, 4) is 0 Å². The minimum absolute atomic E-state index is 0. The summed E-state index contributed by atoms with van der Waals surface area (Å²) in [5.41, 5.74) is 7.85. The van der Waals surface area contributed by atoms with Gasteiger partial charge in [0, 0.05) is 16.2 Å². The van der Waals surface area contributed by atoms with Gasteiger partial charge < -0.3 is 11.1 Å². The molecule has 26 heavy (non-hydrogen) atoms. The fourth-order valence-corrected chi connectivity index (χ4v) is 3.77. The third-order valence-electron chi connectivity index (χ3n) is 4.57. The van der Waals surface area contributed by atoms with Gasteiger partial charge in [-0.15, -0.1) is 24.0 Å². The van der Waals surface area contributed by atoms with Gasteiger partial charge in [0.15, 0.2) is 5.96 Å². The van der Waals surface area contributed by atoms with Crippen molar-refractivity contribution in [2.45, 2.75) is 51.2 Å². The lowest BCUT2D eigenvalue weighted by molar-refractivity contribution is 0.463. The van der Waals surface area contributed by atoms with Crippen LogP contribution < -0.4 is 11.1 Å². The first-order valence-electron chi connectivity index (χ1n) is 8.58. The van der Waals surface area contributed by atoms with E-state index < -0.39 is 0 Å². The molecule has 1 saturated carbocycles. The minimum Gasteiger partial charge on any atom is -0.370 e. The smallest absolute Gasteiger partial charge is 0.189 e. The number of aromatic nitrogens is 2. The molecule has 0 aliphatic heterocycles. The maximum atomic E-state index is 6.23. The van der Waals surface area contributed by atoms with Gasteiger partial charge in [0.05, 0.1) is 24.3 Å². The van der Waals surface area contributed by atoms with Crippen molar-refractivity contribution in [3.63, 3.8) is 0 Å². The topological polar surface area (TPSA) is 68.2 Å². The summed E-state index contributed by atoms with van der Waals surface area (Å²) in [5, 5.41) is 8.99. The SMILES string of the molecule is CC(NC(N)=NCc1ccn(C2CCCC2)n1)c1ccc(Cl)cc1Cl.I. The number of rotatable bonds is 5. The summed E-state index contributed by atoms with van der Waals surface area (Å²) in [4.78, 5) is 4.39. The van der Waals surface area contributed by atoms with Gasteiger partial charge in [-0.3, -0.25) is 4.68 Å². The number of aliphatic imine (C=N–C) groups is 1. The Balaban J connectivity index is 0.00000243. The molecule has 1 unspecified atom stereocenters. The number of hydrogen-bond donors (Lipinski definition) is 2.